The van der Waals surface area contributed by atoms with Crippen molar-refractivity contribution in [1.82, 2.24) is 4.90 Å². The molecule has 0 atom stereocenters. The molecule has 1 heterocycles. The van der Waals surface area contributed by atoms with Gasteiger partial charge in [0.15, 0.2) is 9.84 Å². The van der Waals surface area contributed by atoms with Gasteiger partial charge in [0.25, 0.3) is 0 Å². The molecular formula is C21H24ClNO4S. The smallest absolute Gasteiger partial charge is 0.199 e. The van der Waals surface area contributed by atoms with Crippen molar-refractivity contribution < 1.29 is 17.9 Å². The summed E-state index contributed by atoms with van der Waals surface area (Å²) in [5.74, 6) is 0.663. The Labute approximate surface area is 171 Å². The Kier molecular flexibility index (Phi) is 7.50. The van der Waals surface area contributed by atoms with Gasteiger partial charge in [-0.1, -0.05) is 29.8 Å². The summed E-state index contributed by atoms with van der Waals surface area (Å²) in [7, 11) is -3.54. The van der Waals surface area contributed by atoms with Gasteiger partial charge in [-0.3, -0.25) is 4.90 Å². The largest absolute Gasteiger partial charge is 0.494 e. The normalized spacial score (nSPS) is 15.8. The monoisotopic (exact) mass is 421 g/mol. The first-order valence-electron chi connectivity index (χ1n) is 9.25. The topological polar surface area (TPSA) is 55.8 Å². The molecule has 5 nitrogen and oxygen atoms in total. The van der Waals surface area contributed by atoms with Crippen LogP contribution in [0.1, 0.15) is 12.0 Å². The lowest BCUT2D eigenvalue weighted by atomic mass is 10.2. The van der Waals surface area contributed by atoms with Crippen molar-refractivity contribution in [2.45, 2.75) is 11.3 Å². The molecule has 1 aliphatic rings. The van der Waals surface area contributed by atoms with E-state index in [2.05, 4.69) is 4.90 Å². The van der Waals surface area contributed by atoms with Gasteiger partial charge in [-0.15, -0.1) is 0 Å². The van der Waals surface area contributed by atoms with E-state index in [0.717, 1.165) is 39.3 Å². The summed E-state index contributed by atoms with van der Waals surface area (Å²) in [5, 5.41) is 1.68. The lowest BCUT2D eigenvalue weighted by Crippen LogP contribution is -2.37. The molecule has 0 spiro atoms. The third-order valence-corrected chi connectivity index (χ3v) is 6.24. The molecule has 0 radical (unpaired) electrons. The Bertz CT molecular complexity index is 891. The number of sulfone groups is 1. The first-order valence-corrected chi connectivity index (χ1v) is 11.2. The van der Waals surface area contributed by atoms with Crippen molar-refractivity contribution in [3.05, 3.63) is 64.5 Å². The van der Waals surface area contributed by atoms with Crippen LogP contribution in [-0.2, 0) is 14.6 Å². The zero-order valence-electron chi connectivity index (χ0n) is 15.6. The summed E-state index contributed by atoms with van der Waals surface area (Å²) in [6.45, 7) is 5.09. The van der Waals surface area contributed by atoms with Crippen LogP contribution in [0.25, 0.3) is 6.08 Å². The molecule has 0 unspecified atom stereocenters. The lowest BCUT2D eigenvalue weighted by molar-refractivity contribution is 0.0358. The second-order valence-corrected chi connectivity index (χ2v) is 8.74. The zero-order chi connectivity index (χ0) is 19.8. The molecule has 0 amide bonds. The van der Waals surface area contributed by atoms with Gasteiger partial charge in [0.2, 0.25) is 0 Å². The molecule has 0 aromatic heterocycles. The van der Waals surface area contributed by atoms with E-state index >= 15 is 0 Å². The van der Waals surface area contributed by atoms with E-state index in [1.807, 2.05) is 6.07 Å². The Morgan fingerprint density at radius 2 is 1.79 bits per heavy atom. The van der Waals surface area contributed by atoms with Gasteiger partial charge in [-0.25, -0.2) is 8.42 Å². The molecule has 28 heavy (non-hydrogen) atoms. The Hall–Kier alpha value is -1.86. The highest BCUT2D eigenvalue weighted by Crippen LogP contribution is 2.21. The van der Waals surface area contributed by atoms with E-state index in [-0.39, 0.29) is 4.90 Å². The average Bonchev–Trinajstić information content (AvgIpc) is 2.72. The molecule has 150 valence electrons. The van der Waals surface area contributed by atoms with Gasteiger partial charge in [-0.05, 0) is 48.4 Å². The molecule has 1 saturated heterocycles. The zero-order valence-corrected chi connectivity index (χ0v) is 17.2. The number of halogens is 1. The van der Waals surface area contributed by atoms with E-state index < -0.39 is 9.84 Å². The van der Waals surface area contributed by atoms with Crippen LogP contribution in [0, 0.1) is 0 Å². The number of benzene rings is 2. The number of rotatable bonds is 8. The number of nitrogens with zero attached hydrogens (tertiary/aromatic N) is 1. The van der Waals surface area contributed by atoms with E-state index in [9.17, 15) is 8.42 Å². The highest BCUT2D eigenvalue weighted by molar-refractivity contribution is 7.94. The van der Waals surface area contributed by atoms with Crippen LogP contribution in [0.15, 0.2) is 58.8 Å². The lowest BCUT2D eigenvalue weighted by Gasteiger charge is -2.26. The van der Waals surface area contributed by atoms with Crippen molar-refractivity contribution in [3.8, 4) is 5.75 Å². The maximum Gasteiger partial charge on any atom is 0.199 e. The second kappa shape index (κ2) is 10.1. The standard InChI is InChI=1S/C21H24ClNO4S/c22-21-5-2-1-4-18(21)10-17-28(24,25)20-8-6-19(7-9-20)27-14-3-11-23-12-15-26-16-13-23/h1-2,4-10,17H,3,11-16H2. The summed E-state index contributed by atoms with van der Waals surface area (Å²) in [5.41, 5.74) is 0.660. The molecule has 3 rings (SSSR count). The van der Waals surface area contributed by atoms with Crippen molar-refractivity contribution in [2.75, 3.05) is 39.5 Å². The van der Waals surface area contributed by atoms with E-state index in [4.69, 9.17) is 21.1 Å². The van der Waals surface area contributed by atoms with Gasteiger partial charge < -0.3 is 9.47 Å². The molecule has 2 aromatic carbocycles. The number of hydrogen-bond donors (Lipinski definition) is 0. The van der Waals surface area contributed by atoms with Crippen molar-refractivity contribution in [2.24, 2.45) is 0 Å². The predicted octanol–water partition coefficient (Wildman–Crippen LogP) is 3.89. The van der Waals surface area contributed by atoms with E-state index in [0.29, 0.717) is 22.9 Å². The number of hydrogen-bond acceptors (Lipinski definition) is 5. The van der Waals surface area contributed by atoms with Crippen LogP contribution in [-0.4, -0.2) is 52.8 Å². The fourth-order valence-electron chi connectivity index (χ4n) is 2.88. The van der Waals surface area contributed by atoms with Crippen molar-refractivity contribution in [1.29, 1.82) is 0 Å². The van der Waals surface area contributed by atoms with Gasteiger partial charge in [0.1, 0.15) is 5.75 Å². The molecular weight excluding hydrogens is 398 g/mol. The maximum absolute atomic E-state index is 12.5. The third kappa shape index (κ3) is 6.07. The van der Waals surface area contributed by atoms with Crippen LogP contribution in [0.4, 0.5) is 0 Å². The van der Waals surface area contributed by atoms with Crippen LogP contribution in [0.2, 0.25) is 5.02 Å². The summed E-state index contributed by atoms with van der Waals surface area (Å²) < 4.78 is 36.0. The molecule has 1 aliphatic heterocycles. The first-order chi connectivity index (χ1) is 13.5. The minimum atomic E-state index is -3.54. The van der Waals surface area contributed by atoms with Crippen LogP contribution >= 0.6 is 11.6 Å². The van der Waals surface area contributed by atoms with Crippen LogP contribution in [0.3, 0.4) is 0 Å². The summed E-state index contributed by atoms with van der Waals surface area (Å²) in [4.78, 5) is 2.57. The third-order valence-electron chi connectivity index (χ3n) is 4.48. The Morgan fingerprint density at radius 3 is 2.50 bits per heavy atom. The maximum atomic E-state index is 12.5. The average molecular weight is 422 g/mol. The van der Waals surface area contributed by atoms with Gasteiger partial charge in [-0.2, -0.15) is 0 Å². The minimum absolute atomic E-state index is 0.219. The van der Waals surface area contributed by atoms with Gasteiger partial charge in [0, 0.05) is 30.1 Å². The molecule has 0 N–H and O–H groups in total. The Morgan fingerprint density at radius 1 is 1.07 bits per heavy atom. The van der Waals surface area contributed by atoms with Gasteiger partial charge in [0.05, 0.1) is 24.7 Å². The Balaban J connectivity index is 1.52. The van der Waals surface area contributed by atoms with Crippen molar-refractivity contribution >= 4 is 27.5 Å². The van der Waals surface area contributed by atoms with Crippen molar-refractivity contribution in [3.63, 3.8) is 0 Å². The highest BCUT2D eigenvalue weighted by atomic mass is 35.5. The SMILES string of the molecule is O=S(=O)(C=Cc1ccccc1Cl)c1ccc(OCCCN2CCOCC2)cc1. The first kappa shape index (κ1) is 20.9. The molecule has 2 aromatic rings. The van der Waals surface area contributed by atoms with E-state index in [1.165, 1.54) is 11.5 Å². The second-order valence-electron chi connectivity index (χ2n) is 6.50. The molecule has 7 heteroatoms. The number of morpholine rings is 1. The minimum Gasteiger partial charge on any atom is -0.494 e. The molecule has 0 bridgehead atoms. The fraction of sp³-hybridized carbons (Fsp3) is 0.333. The van der Waals surface area contributed by atoms with E-state index in [1.54, 1.807) is 42.5 Å². The van der Waals surface area contributed by atoms with Crippen LogP contribution < -0.4 is 4.74 Å². The molecule has 0 aliphatic carbocycles. The predicted molar refractivity (Wildman–Crippen MR) is 111 cm³/mol. The summed E-state index contributed by atoms with van der Waals surface area (Å²) in [6.07, 6.45) is 2.42. The van der Waals surface area contributed by atoms with Gasteiger partial charge >= 0.3 is 0 Å². The van der Waals surface area contributed by atoms with Crippen LogP contribution in [0.5, 0.6) is 5.75 Å². The summed E-state index contributed by atoms with van der Waals surface area (Å²) in [6, 6.07) is 13.6. The molecule has 0 saturated carbocycles. The molecule has 1 fully saturated rings. The highest BCUT2D eigenvalue weighted by Gasteiger charge is 2.11. The summed E-state index contributed by atoms with van der Waals surface area (Å²) >= 11 is 6.06. The quantitative estimate of drug-likeness (QED) is 0.605. The number of ether oxygens (including phenoxy) is 2. The fourth-order valence-corrected chi connectivity index (χ4v) is 4.08.